The van der Waals surface area contributed by atoms with Crippen LogP contribution in [0.25, 0.3) is 44.7 Å². The van der Waals surface area contributed by atoms with Gasteiger partial charge in [-0.05, 0) is 105 Å². The second kappa shape index (κ2) is 10.9. The lowest BCUT2D eigenvalue weighted by Gasteiger charge is -2.26. The minimum atomic E-state index is 0.442. The van der Waals surface area contributed by atoms with Gasteiger partial charge in [0, 0.05) is 5.92 Å². The van der Waals surface area contributed by atoms with Crippen molar-refractivity contribution < 1.29 is 0 Å². The second-order valence-electron chi connectivity index (χ2n) is 11.4. The Morgan fingerprint density at radius 2 is 1.39 bits per heavy atom. The first-order valence-electron chi connectivity index (χ1n) is 15.1. The molecule has 0 heterocycles. The van der Waals surface area contributed by atoms with Gasteiger partial charge in [-0.3, -0.25) is 0 Å². The average Bonchev–Trinajstić information content (AvgIpc) is 3.04. The van der Waals surface area contributed by atoms with Crippen molar-refractivity contribution in [2.45, 2.75) is 45.4 Å². The van der Waals surface area contributed by atoms with E-state index in [1.807, 2.05) is 0 Å². The standard InChI is InChI=1S/C41H36/c1-3-29-14-7-8-17-35(29)33-22-13-23-34(28(33)2)41-38-20-11-9-18-36(38)40(37-19-10-12-21-39(37)41)32-26-24-31(25-27-32)30-15-5-4-6-16-30/h4-9,11-18,20-24,26-27,31H,3,10,19,25H2,1-2H3. The van der Waals surface area contributed by atoms with E-state index in [1.165, 1.54) is 72.0 Å². The summed E-state index contributed by atoms with van der Waals surface area (Å²) in [6.45, 7) is 4.57. The number of rotatable bonds is 5. The van der Waals surface area contributed by atoms with E-state index < -0.39 is 0 Å². The highest BCUT2D eigenvalue weighted by Crippen LogP contribution is 2.46. The number of aryl methyl sites for hydroxylation is 1. The van der Waals surface area contributed by atoms with Crippen LogP contribution < -0.4 is 0 Å². The van der Waals surface area contributed by atoms with Gasteiger partial charge >= 0.3 is 0 Å². The highest BCUT2D eigenvalue weighted by molar-refractivity contribution is 6.09. The van der Waals surface area contributed by atoms with Crippen molar-refractivity contribution in [3.8, 4) is 22.3 Å². The molecule has 2 aliphatic carbocycles. The molecule has 7 rings (SSSR count). The molecule has 0 heteroatoms. The Hall–Kier alpha value is -4.42. The van der Waals surface area contributed by atoms with E-state index in [1.54, 1.807) is 0 Å². The van der Waals surface area contributed by atoms with Crippen molar-refractivity contribution >= 4 is 22.4 Å². The zero-order valence-corrected chi connectivity index (χ0v) is 24.0. The van der Waals surface area contributed by atoms with Crippen LogP contribution >= 0.6 is 0 Å². The van der Waals surface area contributed by atoms with Crippen LogP contribution in [-0.2, 0) is 12.8 Å². The highest BCUT2D eigenvalue weighted by atomic mass is 14.3. The summed E-state index contributed by atoms with van der Waals surface area (Å²) in [4.78, 5) is 0. The minimum Gasteiger partial charge on any atom is -0.0836 e. The summed E-state index contributed by atoms with van der Waals surface area (Å²) < 4.78 is 0. The van der Waals surface area contributed by atoms with Gasteiger partial charge in [-0.2, -0.15) is 0 Å². The topological polar surface area (TPSA) is 0 Å². The van der Waals surface area contributed by atoms with Crippen LogP contribution in [-0.4, -0.2) is 0 Å². The van der Waals surface area contributed by atoms with Gasteiger partial charge in [0.2, 0.25) is 0 Å². The molecule has 0 saturated heterocycles. The molecule has 41 heavy (non-hydrogen) atoms. The van der Waals surface area contributed by atoms with Gasteiger partial charge in [0.25, 0.3) is 0 Å². The van der Waals surface area contributed by atoms with E-state index in [9.17, 15) is 0 Å². The van der Waals surface area contributed by atoms with Crippen molar-refractivity contribution in [2.24, 2.45) is 0 Å². The van der Waals surface area contributed by atoms with Crippen LogP contribution in [0.4, 0.5) is 0 Å². The summed E-state index contributed by atoms with van der Waals surface area (Å²) in [5, 5.41) is 2.71. The Balaban J connectivity index is 1.42. The fourth-order valence-electron chi connectivity index (χ4n) is 7.05. The number of hydrogen-bond acceptors (Lipinski definition) is 0. The Labute approximate surface area is 244 Å². The molecule has 0 N–H and O–H groups in total. The molecule has 2 aliphatic rings. The van der Waals surface area contributed by atoms with Crippen molar-refractivity contribution in [2.75, 3.05) is 0 Å². The third-order valence-electron chi connectivity index (χ3n) is 9.12. The molecule has 0 aromatic heterocycles. The monoisotopic (exact) mass is 528 g/mol. The van der Waals surface area contributed by atoms with Gasteiger partial charge in [-0.25, -0.2) is 0 Å². The molecule has 200 valence electrons. The van der Waals surface area contributed by atoms with Crippen LogP contribution in [0.1, 0.15) is 59.1 Å². The molecule has 0 amide bonds. The molecule has 0 bridgehead atoms. The lowest BCUT2D eigenvalue weighted by Crippen LogP contribution is -2.06. The van der Waals surface area contributed by atoms with Crippen LogP contribution in [0.3, 0.4) is 0 Å². The van der Waals surface area contributed by atoms with Crippen molar-refractivity contribution in [3.05, 3.63) is 155 Å². The summed E-state index contributed by atoms with van der Waals surface area (Å²) in [6.07, 6.45) is 16.3. The predicted octanol–water partition coefficient (Wildman–Crippen LogP) is 11.1. The Kier molecular flexibility index (Phi) is 6.77. The largest absolute Gasteiger partial charge is 0.0836 e. The zero-order valence-electron chi connectivity index (χ0n) is 24.0. The van der Waals surface area contributed by atoms with Gasteiger partial charge < -0.3 is 0 Å². The normalized spacial score (nSPS) is 16.0. The van der Waals surface area contributed by atoms with Crippen LogP contribution in [0, 0.1) is 6.92 Å². The highest BCUT2D eigenvalue weighted by Gasteiger charge is 2.24. The lowest BCUT2D eigenvalue weighted by atomic mass is 9.77. The first-order valence-corrected chi connectivity index (χ1v) is 15.1. The summed E-state index contributed by atoms with van der Waals surface area (Å²) in [6, 6.07) is 35.8. The van der Waals surface area contributed by atoms with Crippen LogP contribution in [0.5, 0.6) is 0 Å². The van der Waals surface area contributed by atoms with Gasteiger partial charge in [0.15, 0.2) is 0 Å². The molecule has 1 atom stereocenters. The van der Waals surface area contributed by atoms with Gasteiger partial charge in [-0.1, -0.05) is 134 Å². The Morgan fingerprint density at radius 3 is 2.17 bits per heavy atom. The van der Waals surface area contributed by atoms with E-state index in [2.05, 4.69) is 141 Å². The first kappa shape index (κ1) is 25.5. The summed E-state index contributed by atoms with van der Waals surface area (Å²) in [7, 11) is 0. The molecule has 0 nitrogen and oxygen atoms in total. The third kappa shape index (κ3) is 4.49. The maximum absolute atomic E-state index is 2.48. The van der Waals surface area contributed by atoms with Crippen molar-refractivity contribution in [3.63, 3.8) is 0 Å². The summed E-state index contributed by atoms with van der Waals surface area (Å²) in [5.41, 5.74) is 15.3. The Morgan fingerprint density at radius 1 is 0.683 bits per heavy atom. The molecule has 0 aliphatic heterocycles. The summed E-state index contributed by atoms with van der Waals surface area (Å²) in [5.74, 6) is 0.442. The lowest BCUT2D eigenvalue weighted by molar-refractivity contribution is 0.856. The number of allylic oxidation sites excluding steroid dienone is 5. The molecule has 0 saturated carbocycles. The van der Waals surface area contributed by atoms with Crippen molar-refractivity contribution in [1.29, 1.82) is 0 Å². The summed E-state index contributed by atoms with van der Waals surface area (Å²) >= 11 is 0. The van der Waals surface area contributed by atoms with Gasteiger partial charge in [-0.15, -0.1) is 0 Å². The smallest absolute Gasteiger partial charge is 0.00561 e. The second-order valence-corrected chi connectivity index (χ2v) is 11.4. The molecule has 0 radical (unpaired) electrons. The average molecular weight is 529 g/mol. The van der Waals surface area contributed by atoms with E-state index in [0.717, 1.165) is 25.7 Å². The quantitative estimate of drug-likeness (QED) is 0.213. The molecular formula is C41H36. The van der Waals surface area contributed by atoms with E-state index in [4.69, 9.17) is 0 Å². The molecule has 5 aromatic carbocycles. The predicted molar refractivity (Wildman–Crippen MR) is 177 cm³/mol. The molecular weight excluding hydrogens is 492 g/mol. The van der Waals surface area contributed by atoms with Crippen LogP contribution in [0.15, 0.2) is 121 Å². The van der Waals surface area contributed by atoms with Crippen LogP contribution in [0.2, 0.25) is 0 Å². The Bertz CT molecular complexity index is 1850. The molecule has 5 aromatic rings. The van der Waals surface area contributed by atoms with Gasteiger partial charge in [0.1, 0.15) is 0 Å². The van der Waals surface area contributed by atoms with Gasteiger partial charge in [0.05, 0.1) is 0 Å². The van der Waals surface area contributed by atoms with E-state index in [-0.39, 0.29) is 0 Å². The molecule has 0 fully saturated rings. The zero-order chi connectivity index (χ0) is 27.8. The molecule has 1 unspecified atom stereocenters. The maximum atomic E-state index is 2.48. The third-order valence-corrected chi connectivity index (χ3v) is 9.12. The SMILES string of the molecule is CCc1ccccc1-c1cccc(-c2c3c(c(C4=CCC(c5ccccc5)C=C4)c4ccccc24)CCC=C3)c1C. The number of hydrogen-bond donors (Lipinski definition) is 0. The van der Waals surface area contributed by atoms with Crippen molar-refractivity contribution in [1.82, 2.24) is 0 Å². The maximum Gasteiger partial charge on any atom is 0.00561 e. The van der Waals surface area contributed by atoms with E-state index in [0.29, 0.717) is 5.92 Å². The van der Waals surface area contributed by atoms with E-state index >= 15 is 0 Å². The minimum absolute atomic E-state index is 0.442. The molecule has 0 spiro atoms. The number of fused-ring (bicyclic) bond motifs is 2. The first-order chi connectivity index (χ1) is 20.2. The fraction of sp³-hybridized carbons (Fsp3) is 0.171. The number of benzene rings is 5. The fourth-order valence-corrected chi connectivity index (χ4v) is 7.05.